The molecular weight excluding hydrogens is 224 g/mol. The highest BCUT2D eigenvalue weighted by molar-refractivity contribution is 5.87. The molecule has 0 saturated carbocycles. The van der Waals surface area contributed by atoms with Crippen molar-refractivity contribution in [1.82, 2.24) is 4.98 Å². The third kappa shape index (κ3) is 2.37. The Balaban J connectivity index is 2.11. The van der Waals surface area contributed by atoms with Gasteiger partial charge >= 0.3 is 5.97 Å². The predicted octanol–water partition coefficient (Wildman–Crippen LogP) is -0.0243. The lowest BCUT2D eigenvalue weighted by Crippen LogP contribution is -2.25. The summed E-state index contributed by atoms with van der Waals surface area (Å²) in [6.07, 6.45) is 0.543. The summed E-state index contributed by atoms with van der Waals surface area (Å²) in [7, 11) is 1.55. The Hall–Kier alpha value is -1.66. The maximum absolute atomic E-state index is 10.7. The van der Waals surface area contributed by atoms with Gasteiger partial charge in [-0.2, -0.15) is 0 Å². The standard InChI is InChI=1S/C11H14N2O4/c1-17-9-6-13(5-8(9)14)10-3-2-7(4-12-10)11(15)16/h2-4,8-9,14H,5-6H2,1H3,(H,15,16)/t8-,9+/m1/s1. The van der Waals surface area contributed by atoms with Crippen LogP contribution in [0.4, 0.5) is 5.82 Å². The number of ether oxygens (including phenoxy) is 1. The first-order chi connectivity index (χ1) is 8.11. The van der Waals surface area contributed by atoms with Crippen LogP contribution in [0.15, 0.2) is 18.3 Å². The molecule has 6 nitrogen and oxygen atoms in total. The van der Waals surface area contributed by atoms with Crippen molar-refractivity contribution in [1.29, 1.82) is 0 Å². The minimum Gasteiger partial charge on any atom is -0.478 e. The summed E-state index contributed by atoms with van der Waals surface area (Å²) >= 11 is 0. The molecule has 2 atom stereocenters. The van der Waals surface area contributed by atoms with Gasteiger partial charge in [-0.05, 0) is 12.1 Å². The topological polar surface area (TPSA) is 82.9 Å². The van der Waals surface area contributed by atoms with Gasteiger partial charge in [0, 0.05) is 26.4 Å². The Kier molecular flexibility index (Phi) is 3.26. The van der Waals surface area contributed by atoms with Crippen LogP contribution in [-0.2, 0) is 4.74 Å². The monoisotopic (exact) mass is 238 g/mol. The number of carbonyl (C=O) groups is 1. The van der Waals surface area contributed by atoms with E-state index in [2.05, 4.69) is 4.98 Å². The molecular formula is C11H14N2O4. The fourth-order valence-electron chi connectivity index (χ4n) is 1.88. The van der Waals surface area contributed by atoms with Gasteiger partial charge in [-0.3, -0.25) is 0 Å². The minimum atomic E-state index is -1.000. The number of nitrogens with zero attached hydrogens (tertiary/aromatic N) is 2. The smallest absolute Gasteiger partial charge is 0.337 e. The zero-order chi connectivity index (χ0) is 12.4. The van der Waals surface area contributed by atoms with Gasteiger partial charge in [0.15, 0.2) is 0 Å². The molecule has 1 saturated heterocycles. The number of pyridine rings is 1. The van der Waals surface area contributed by atoms with Crippen molar-refractivity contribution in [3.63, 3.8) is 0 Å². The molecule has 1 aliphatic heterocycles. The summed E-state index contributed by atoms with van der Waals surface area (Å²) in [5, 5.41) is 18.4. The van der Waals surface area contributed by atoms with Crippen LogP contribution in [0.2, 0.25) is 0 Å². The predicted molar refractivity (Wildman–Crippen MR) is 60.2 cm³/mol. The van der Waals surface area contributed by atoms with Gasteiger partial charge in [-0.1, -0.05) is 0 Å². The Labute approximate surface area is 98.5 Å². The second-order valence-electron chi connectivity index (χ2n) is 3.96. The van der Waals surface area contributed by atoms with Gasteiger partial charge in [0.1, 0.15) is 11.9 Å². The molecule has 0 unspecified atom stereocenters. The summed E-state index contributed by atoms with van der Waals surface area (Å²) in [5.74, 6) is -0.353. The molecule has 0 spiro atoms. The first kappa shape index (κ1) is 11.8. The first-order valence-corrected chi connectivity index (χ1v) is 5.27. The van der Waals surface area contributed by atoms with Crippen molar-refractivity contribution in [2.45, 2.75) is 12.2 Å². The third-order valence-corrected chi connectivity index (χ3v) is 2.86. The van der Waals surface area contributed by atoms with E-state index in [0.29, 0.717) is 18.9 Å². The lowest BCUT2D eigenvalue weighted by molar-refractivity contribution is 0.0217. The molecule has 1 aromatic heterocycles. The van der Waals surface area contributed by atoms with Crippen molar-refractivity contribution in [3.8, 4) is 0 Å². The van der Waals surface area contributed by atoms with Crippen LogP contribution < -0.4 is 4.90 Å². The highest BCUT2D eigenvalue weighted by Gasteiger charge is 2.31. The number of β-amino-alcohol motifs (C(OH)–C–C–N with tert-alkyl or cyclic N) is 1. The molecule has 0 aliphatic carbocycles. The van der Waals surface area contributed by atoms with Crippen LogP contribution in [0.25, 0.3) is 0 Å². The molecule has 1 aromatic rings. The Bertz CT molecular complexity index is 406. The quantitative estimate of drug-likeness (QED) is 0.769. The number of rotatable bonds is 3. The zero-order valence-electron chi connectivity index (χ0n) is 9.41. The van der Waals surface area contributed by atoms with Gasteiger partial charge in [-0.25, -0.2) is 9.78 Å². The molecule has 2 rings (SSSR count). The fourth-order valence-corrected chi connectivity index (χ4v) is 1.88. The average molecular weight is 238 g/mol. The van der Waals surface area contributed by atoms with Crippen LogP contribution in [0.1, 0.15) is 10.4 Å². The maximum atomic E-state index is 10.7. The van der Waals surface area contributed by atoms with Crippen LogP contribution in [0.3, 0.4) is 0 Å². The van der Waals surface area contributed by atoms with E-state index in [1.165, 1.54) is 12.3 Å². The summed E-state index contributed by atoms with van der Waals surface area (Å²) < 4.78 is 5.12. The molecule has 2 heterocycles. The molecule has 1 fully saturated rings. The SMILES string of the molecule is CO[C@H]1CN(c2ccc(C(=O)O)cn2)C[C@H]1O. The van der Waals surface area contributed by atoms with E-state index in [9.17, 15) is 9.90 Å². The molecule has 0 aromatic carbocycles. The van der Waals surface area contributed by atoms with E-state index in [1.807, 2.05) is 4.90 Å². The van der Waals surface area contributed by atoms with Crippen LogP contribution >= 0.6 is 0 Å². The number of carboxylic acid groups (broad SMARTS) is 1. The van der Waals surface area contributed by atoms with Crippen molar-refractivity contribution in [2.24, 2.45) is 0 Å². The van der Waals surface area contributed by atoms with Crippen molar-refractivity contribution < 1.29 is 19.7 Å². The number of carboxylic acids is 1. The Morgan fingerprint density at radius 3 is 2.76 bits per heavy atom. The fraction of sp³-hybridized carbons (Fsp3) is 0.455. The van der Waals surface area contributed by atoms with Crippen LogP contribution in [-0.4, -0.2) is 53.6 Å². The molecule has 2 N–H and O–H groups in total. The van der Waals surface area contributed by atoms with E-state index in [0.717, 1.165) is 0 Å². The molecule has 0 bridgehead atoms. The number of aliphatic hydroxyl groups is 1. The highest BCUT2D eigenvalue weighted by Crippen LogP contribution is 2.20. The number of methoxy groups -OCH3 is 1. The average Bonchev–Trinajstić information content (AvgIpc) is 2.70. The molecule has 0 amide bonds. The second kappa shape index (κ2) is 4.68. The van der Waals surface area contributed by atoms with Gasteiger partial charge in [-0.15, -0.1) is 0 Å². The van der Waals surface area contributed by atoms with E-state index in [4.69, 9.17) is 9.84 Å². The molecule has 1 aliphatic rings. The summed E-state index contributed by atoms with van der Waals surface area (Å²) in [4.78, 5) is 16.6. The number of aromatic carboxylic acids is 1. The Morgan fingerprint density at radius 1 is 1.53 bits per heavy atom. The minimum absolute atomic E-state index is 0.150. The van der Waals surface area contributed by atoms with Crippen molar-refractivity contribution >= 4 is 11.8 Å². The molecule has 6 heteroatoms. The van der Waals surface area contributed by atoms with E-state index in [-0.39, 0.29) is 11.7 Å². The number of aliphatic hydroxyl groups excluding tert-OH is 1. The van der Waals surface area contributed by atoms with Crippen molar-refractivity contribution in [3.05, 3.63) is 23.9 Å². The number of anilines is 1. The van der Waals surface area contributed by atoms with Crippen molar-refractivity contribution in [2.75, 3.05) is 25.1 Å². The van der Waals surface area contributed by atoms with E-state index in [1.54, 1.807) is 13.2 Å². The van der Waals surface area contributed by atoms with Gasteiger partial charge in [0.2, 0.25) is 0 Å². The second-order valence-corrected chi connectivity index (χ2v) is 3.96. The Morgan fingerprint density at radius 2 is 2.29 bits per heavy atom. The first-order valence-electron chi connectivity index (χ1n) is 5.27. The maximum Gasteiger partial charge on any atom is 0.337 e. The van der Waals surface area contributed by atoms with Crippen LogP contribution in [0.5, 0.6) is 0 Å². The normalized spacial score (nSPS) is 24.0. The molecule has 17 heavy (non-hydrogen) atoms. The highest BCUT2D eigenvalue weighted by atomic mass is 16.5. The van der Waals surface area contributed by atoms with E-state index >= 15 is 0 Å². The number of aromatic nitrogens is 1. The lowest BCUT2D eigenvalue weighted by atomic mass is 10.3. The zero-order valence-corrected chi connectivity index (χ0v) is 9.41. The summed E-state index contributed by atoms with van der Waals surface area (Å²) in [6.45, 7) is 0.995. The number of hydrogen-bond donors (Lipinski definition) is 2. The lowest BCUT2D eigenvalue weighted by Gasteiger charge is -2.16. The van der Waals surface area contributed by atoms with Crippen LogP contribution in [0, 0.1) is 0 Å². The third-order valence-electron chi connectivity index (χ3n) is 2.86. The number of hydrogen-bond acceptors (Lipinski definition) is 5. The van der Waals surface area contributed by atoms with E-state index < -0.39 is 12.1 Å². The summed E-state index contributed by atoms with van der Waals surface area (Å²) in [5.41, 5.74) is 0.150. The largest absolute Gasteiger partial charge is 0.478 e. The summed E-state index contributed by atoms with van der Waals surface area (Å²) in [6, 6.07) is 3.13. The van der Waals surface area contributed by atoms with Gasteiger partial charge < -0.3 is 19.8 Å². The molecule has 92 valence electrons. The van der Waals surface area contributed by atoms with Gasteiger partial charge in [0.25, 0.3) is 0 Å². The molecule has 0 radical (unpaired) electrons. The van der Waals surface area contributed by atoms with Gasteiger partial charge in [0.05, 0.1) is 11.7 Å².